The van der Waals surface area contributed by atoms with Gasteiger partial charge in [0.05, 0.1) is 0 Å². The lowest BCUT2D eigenvalue weighted by Crippen LogP contribution is -2.41. The molecule has 0 saturated carbocycles. The second kappa shape index (κ2) is 4.04. The molecule has 0 bridgehead atoms. The standard InChI is InChI=1S/C11H17NO3/c1-8-5-9(7-13)12(6-8)10(14)15-11(2,3)4/h5,7,9H,6H2,1-4H3. The second-order valence-corrected chi connectivity index (χ2v) is 4.75. The van der Waals surface area contributed by atoms with Gasteiger partial charge in [-0.2, -0.15) is 0 Å². The van der Waals surface area contributed by atoms with Crippen molar-refractivity contribution in [3.63, 3.8) is 0 Å². The van der Waals surface area contributed by atoms with Crippen LogP contribution in [0.3, 0.4) is 0 Å². The third-order valence-corrected chi connectivity index (χ3v) is 2.00. The number of carbonyl (C=O) groups is 2. The highest BCUT2D eigenvalue weighted by atomic mass is 16.6. The molecule has 0 N–H and O–H groups in total. The van der Waals surface area contributed by atoms with Gasteiger partial charge in [0.1, 0.15) is 17.9 Å². The summed E-state index contributed by atoms with van der Waals surface area (Å²) in [7, 11) is 0. The van der Waals surface area contributed by atoms with Crippen LogP contribution in [0.2, 0.25) is 0 Å². The number of amides is 1. The number of carbonyl (C=O) groups excluding carboxylic acids is 2. The van der Waals surface area contributed by atoms with Gasteiger partial charge in [-0.1, -0.05) is 11.6 Å². The van der Waals surface area contributed by atoms with Crippen LogP contribution in [0, 0.1) is 0 Å². The third-order valence-electron chi connectivity index (χ3n) is 2.00. The minimum atomic E-state index is -0.527. The van der Waals surface area contributed by atoms with E-state index in [0.717, 1.165) is 11.9 Å². The Morgan fingerprint density at radius 2 is 2.20 bits per heavy atom. The highest BCUT2D eigenvalue weighted by Crippen LogP contribution is 2.18. The van der Waals surface area contributed by atoms with E-state index in [9.17, 15) is 9.59 Å². The van der Waals surface area contributed by atoms with E-state index in [1.807, 2.05) is 6.92 Å². The van der Waals surface area contributed by atoms with Crippen LogP contribution in [-0.4, -0.2) is 35.5 Å². The zero-order chi connectivity index (χ0) is 11.6. The lowest BCUT2D eigenvalue weighted by molar-refractivity contribution is -0.110. The summed E-state index contributed by atoms with van der Waals surface area (Å²) in [6.45, 7) is 7.77. The van der Waals surface area contributed by atoms with Gasteiger partial charge in [-0.05, 0) is 27.7 Å². The molecule has 1 atom stereocenters. The highest BCUT2D eigenvalue weighted by molar-refractivity contribution is 5.77. The van der Waals surface area contributed by atoms with E-state index in [-0.39, 0.29) is 0 Å². The van der Waals surface area contributed by atoms with Gasteiger partial charge >= 0.3 is 6.09 Å². The zero-order valence-electron chi connectivity index (χ0n) is 9.61. The van der Waals surface area contributed by atoms with Gasteiger partial charge in [-0.3, -0.25) is 4.90 Å². The molecule has 0 radical (unpaired) electrons. The minimum Gasteiger partial charge on any atom is -0.444 e. The maximum absolute atomic E-state index is 11.7. The van der Waals surface area contributed by atoms with E-state index in [1.54, 1.807) is 26.8 Å². The first-order valence-corrected chi connectivity index (χ1v) is 4.96. The third kappa shape index (κ3) is 3.08. The van der Waals surface area contributed by atoms with E-state index in [4.69, 9.17) is 4.74 Å². The van der Waals surface area contributed by atoms with Crippen LogP contribution in [0.5, 0.6) is 0 Å². The largest absolute Gasteiger partial charge is 0.444 e. The van der Waals surface area contributed by atoms with Gasteiger partial charge in [0.15, 0.2) is 0 Å². The lowest BCUT2D eigenvalue weighted by Gasteiger charge is -2.26. The molecule has 0 fully saturated rings. The van der Waals surface area contributed by atoms with Crippen LogP contribution in [0.25, 0.3) is 0 Å². The molecule has 1 rings (SSSR count). The van der Waals surface area contributed by atoms with Gasteiger partial charge in [0.25, 0.3) is 0 Å². The van der Waals surface area contributed by atoms with Crippen molar-refractivity contribution in [3.8, 4) is 0 Å². The molecule has 0 aromatic rings. The molecule has 84 valence electrons. The van der Waals surface area contributed by atoms with E-state index in [1.165, 1.54) is 4.90 Å². The number of nitrogens with zero attached hydrogens (tertiary/aromatic N) is 1. The maximum Gasteiger partial charge on any atom is 0.411 e. The first-order chi connectivity index (χ1) is 6.83. The molecule has 1 aliphatic heterocycles. The summed E-state index contributed by atoms with van der Waals surface area (Å²) in [5.74, 6) is 0. The Morgan fingerprint density at radius 1 is 1.60 bits per heavy atom. The van der Waals surface area contributed by atoms with Crippen LogP contribution >= 0.6 is 0 Å². The van der Waals surface area contributed by atoms with Crippen molar-refractivity contribution in [1.29, 1.82) is 0 Å². The van der Waals surface area contributed by atoms with Gasteiger partial charge < -0.3 is 9.53 Å². The van der Waals surface area contributed by atoms with E-state index >= 15 is 0 Å². The average molecular weight is 211 g/mol. The molecule has 1 amide bonds. The number of aldehydes is 1. The first-order valence-electron chi connectivity index (χ1n) is 4.96. The molecule has 0 aromatic heterocycles. The fourth-order valence-electron chi connectivity index (χ4n) is 1.43. The van der Waals surface area contributed by atoms with Gasteiger partial charge in [-0.15, -0.1) is 0 Å². The molecule has 1 heterocycles. The van der Waals surface area contributed by atoms with Crippen molar-refractivity contribution < 1.29 is 14.3 Å². The smallest absolute Gasteiger partial charge is 0.411 e. The Hall–Kier alpha value is -1.32. The SMILES string of the molecule is CC1=CC(C=O)N(C(=O)OC(C)(C)C)C1. The Morgan fingerprint density at radius 3 is 2.67 bits per heavy atom. The minimum absolute atomic E-state index is 0.437. The van der Waals surface area contributed by atoms with E-state index in [0.29, 0.717) is 6.54 Å². The summed E-state index contributed by atoms with van der Waals surface area (Å²) in [6, 6.07) is -0.472. The monoisotopic (exact) mass is 211 g/mol. The maximum atomic E-state index is 11.7. The summed E-state index contributed by atoms with van der Waals surface area (Å²) >= 11 is 0. The fourth-order valence-corrected chi connectivity index (χ4v) is 1.43. The average Bonchev–Trinajstić information content (AvgIpc) is 2.43. The van der Waals surface area contributed by atoms with Crippen LogP contribution in [0.1, 0.15) is 27.7 Å². The molecule has 0 spiro atoms. The molecule has 0 aliphatic carbocycles. The van der Waals surface area contributed by atoms with Gasteiger partial charge in [0, 0.05) is 6.54 Å². The highest BCUT2D eigenvalue weighted by Gasteiger charge is 2.30. The van der Waals surface area contributed by atoms with Gasteiger partial charge in [0.2, 0.25) is 0 Å². The Balaban J connectivity index is 2.66. The number of hydrogen-bond acceptors (Lipinski definition) is 3. The Kier molecular flexibility index (Phi) is 3.17. The van der Waals surface area contributed by atoms with Crippen molar-refractivity contribution >= 4 is 12.4 Å². The summed E-state index contributed by atoms with van der Waals surface area (Å²) in [6.07, 6.45) is 2.09. The predicted molar refractivity (Wildman–Crippen MR) is 56.5 cm³/mol. The Labute approximate surface area is 89.9 Å². The van der Waals surface area contributed by atoms with E-state index in [2.05, 4.69) is 0 Å². The van der Waals surface area contributed by atoms with Crippen molar-refractivity contribution in [2.75, 3.05) is 6.54 Å². The lowest BCUT2D eigenvalue weighted by atomic mass is 10.2. The zero-order valence-corrected chi connectivity index (χ0v) is 9.61. The normalized spacial score (nSPS) is 21.2. The summed E-state index contributed by atoms with van der Waals surface area (Å²) in [5, 5.41) is 0. The van der Waals surface area contributed by atoms with Crippen molar-refractivity contribution in [1.82, 2.24) is 4.90 Å². The topological polar surface area (TPSA) is 46.6 Å². The van der Waals surface area contributed by atoms with Crippen LogP contribution in [-0.2, 0) is 9.53 Å². The molecule has 4 heteroatoms. The molecule has 4 nitrogen and oxygen atoms in total. The van der Waals surface area contributed by atoms with Crippen molar-refractivity contribution in [3.05, 3.63) is 11.6 Å². The van der Waals surface area contributed by atoms with Crippen LogP contribution < -0.4 is 0 Å². The number of rotatable bonds is 1. The molecule has 15 heavy (non-hydrogen) atoms. The summed E-state index contributed by atoms with van der Waals surface area (Å²) in [4.78, 5) is 23.9. The van der Waals surface area contributed by atoms with Crippen LogP contribution in [0.4, 0.5) is 4.79 Å². The quantitative estimate of drug-likeness (QED) is 0.490. The van der Waals surface area contributed by atoms with Crippen molar-refractivity contribution in [2.24, 2.45) is 0 Å². The van der Waals surface area contributed by atoms with Crippen LogP contribution in [0.15, 0.2) is 11.6 Å². The first kappa shape index (κ1) is 11.8. The summed E-state index contributed by atoms with van der Waals surface area (Å²) in [5.41, 5.74) is 0.485. The Bertz CT molecular complexity index is 301. The second-order valence-electron chi connectivity index (χ2n) is 4.75. The van der Waals surface area contributed by atoms with E-state index < -0.39 is 17.7 Å². The number of hydrogen-bond donors (Lipinski definition) is 0. The fraction of sp³-hybridized carbons (Fsp3) is 0.636. The molecular weight excluding hydrogens is 194 g/mol. The summed E-state index contributed by atoms with van der Waals surface area (Å²) < 4.78 is 5.20. The van der Waals surface area contributed by atoms with Gasteiger partial charge in [-0.25, -0.2) is 4.79 Å². The molecule has 0 saturated heterocycles. The van der Waals surface area contributed by atoms with Crippen molar-refractivity contribution in [2.45, 2.75) is 39.3 Å². The molecule has 1 unspecified atom stereocenters. The molecular formula is C11H17NO3. The molecule has 1 aliphatic rings. The predicted octanol–water partition coefficient (Wildman–Crippen LogP) is 1.75. The number of ether oxygens (including phenoxy) is 1. The molecule has 0 aromatic carbocycles.